The van der Waals surface area contributed by atoms with E-state index in [0.29, 0.717) is 47.1 Å². The zero-order valence-electron chi connectivity index (χ0n) is 47.9. The summed E-state index contributed by atoms with van der Waals surface area (Å²) in [6.45, 7) is 0.730. The normalized spacial score (nSPS) is 29.1. The molecule has 5 aromatic carbocycles. The second-order valence-electron chi connectivity index (χ2n) is 25.3. The molecule has 4 fully saturated rings. The van der Waals surface area contributed by atoms with E-state index in [-0.39, 0.29) is 96.2 Å². The van der Waals surface area contributed by atoms with Crippen molar-refractivity contribution >= 4 is 29.0 Å². The number of aliphatic hydroxyl groups is 3. The van der Waals surface area contributed by atoms with Gasteiger partial charge in [0.2, 0.25) is 0 Å². The van der Waals surface area contributed by atoms with Crippen LogP contribution >= 0.6 is 0 Å². The first-order valence-electron chi connectivity index (χ1n) is 30.8. The van der Waals surface area contributed by atoms with E-state index in [1.54, 1.807) is 13.0 Å². The highest BCUT2D eigenvalue weighted by molar-refractivity contribution is 5.90. The first kappa shape index (κ1) is 55.6. The van der Waals surface area contributed by atoms with Gasteiger partial charge in [-0.3, -0.25) is 4.79 Å². The van der Waals surface area contributed by atoms with Crippen LogP contribution < -0.4 is 10.4 Å². The fourth-order valence-electron chi connectivity index (χ4n) is 17.3. The monoisotopic (exact) mass is 1120 g/mol. The number of benzene rings is 5. The molecule has 4 heterocycles. The van der Waals surface area contributed by atoms with Crippen molar-refractivity contribution in [3.8, 4) is 5.75 Å². The van der Waals surface area contributed by atoms with E-state index >= 15 is 9.59 Å². The van der Waals surface area contributed by atoms with Gasteiger partial charge in [-0.25, -0.2) is 9.59 Å². The summed E-state index contributed by atoms with van der Waals surface area (Å²) >= 11 is 0. The minimum atomic E-state index is -1.33. The lowest BCUT2D eigenvalue weighted by Crippen LogP contribution is -2.62. The maximum absolute atomic E-state index is 15.9. The molecule has 6 aromatic rings. The number of rotatable bonds is 10. The summed E-state index contributed by atoms with van der Waals surface area (Å²) in [4.78, 5) is 46.1. The quantitative estimate of drug-likeness (QED) is 0.0680. The van der Waals surface area contributed by atoms with Gasteiger partial charge in [0.1, 0.15) is 11.3 Å². The zero-order chi connectivity index (χ0) is 57.0. The molecule has 11 atom stereocenters. The van der Waals surface area contributed by atoms with Crippen LogP contribution in [0.15, 0.2) is 142 Å². The number of hydrogen-bond donors (Lipinski definition) is 3. The highest BCUT2D eigenvalue weighted by Crippen LogP contribution is 2.64. The molecular formula is C72H78O11. The predicted octanol–water partition coefficient (Wildman–Crippen LogP) is 13.1. The Hall–Kier alpha value is -6.63. The lowest BCUT2D eigenvalue weighted by molar-refractivity contribution is -0.212. The minimum absolute atomic E-state index is 0.0450. The summed E-state index contributed by atoms with van der Waals surface area (Å²) in [5.41, 5.74) is 8.38. The van der Waals surface area contributed by atoms with Crippen molar-refractivity contribution in [2.24, 2.45) is 23.7 Å². The Morgan fingerprint density at radius 1 is 0.771 bits per heavy atom. The van der Waals surface area contributed by atoms with E-state index in [1.165, 1.54) is 47.8 Å². The van der Waals surface area contributed by atoms with Crippen molar-refractivity contribution in [2.75, 3.05) is 26.9 Å². The number of carbonyl (C=O) groups is 2. The zero-order valence-corrected chi connectivity index (χ0v) is 47.9. The number of carbonyl (C=O) groups excluding carboxylic acids is 2. The van der Waals surface area contributed by atoms with Crippen molar-refractivity contribution in [2.45, 2.75) is 157 Å². The van der Waals surface area contributed by atoms with Crippen LogP contribution in [0.1, 0.15) is 182 Å². The van der Waals surface area contributed by atoms with Crippen molar-refractivity contribution < 1.29 is 48.3 Å². The molecule has 1 aromatic heterocycles. The molecule has 8 aliphatic rings. The number of methoxy groups -OCH3 is 1. The topological polar surface area (TPSA) is 162 Å². The van der Waals surface area contributed by atoms with Gasteiger partial charge in [0.25, 0.3) is 0 Å². The first-order chi connectivity index (χ1) is 40.6. The van der Waals surface area contributed by atoms with Crippen LogP contribution in [0, 0.1) is 23.7 Å². The molecule has 1 spiro atoms. The number of hydrogen-bond acceptors (Lipinski definition) is 11. The lowest BCUT2D eigenvalue weighted by Gasteiger charge is -2.53. The molecule has 432 valence electrons. The number of ether oxygens (including phenoxy) is 4. The highest BCUT2D eigenvalue weighted by atomic mass is 16.6. The number of aliphatic hydroxyl groups excluding tert-OH is 3. The van der Waals surface area contributed by atoms with Gasteiger partial charge in [-0.2, -0.15) is 0 Å². The van der Waals surface area contributed by atoms with Crippen molar-refractivity contribution in [3.63, 3.8) is 0 Å². The van der Waals surface area contributed by atoms with Gasteiger partial charge in [-0.05, 0) is 182 Å². The molecule has 0 amide bonds. The molecular weight excluding hydrogens is 1040 g/mol. The first-order valence-corrected chi connectivity index (χ1v) is 30.8. The lowest BCUT2D eigenvalue weighted by atomic mass is 9.63. The highest BCUT2D eigenvalue weighted by Gasteiger charge is 2.65. The standard InChI is InChI=1S/C72H78O11/c1-43(40-74)53-26-21-44-19-22-46(23-20-44)54-27-25-48(47-13-10-16-52(37-47)71(32-8-9-33-71)51-14-4-3-5-15-51)36-50(54)38-63(76)80-67-65-62(30-29-58-60(41-75)64(70(78)81-66(58)65)49(31-35-73)42-79-2)83-72(68(67)82-69(53)77)34-11-18-57-56-28-24-45-12-6-7-17-55(45)59(56)39-61(57)72/h3-7,10,12-17,19-20,22-24,28-30,37,48-50,54,56-57,59,61,67-68,73-75H,8-9,11,18,21,25-27,31-36,38-42H2,1-2H3/b53-43-/t48-,49-,50-,54+,56-,57-,59-,61+,67-,68+,72+/m1/s1. The summed E-state index contributed by atoms with van der Waals surface area (Å²) in [6, 6.07) is 41.1. The fraction of sp³-hybridized carbons (Fsp3) is 0.458. The van der Waals surface area contributed by atoms with Crippen LogP contribution in [0.4, 0.5) is 0 Å². The molecule has 14 rings (SSSR count). The van der Waals surface area contributed by atoms with E-state index in [9.17, 15) is 20.1 Å². The predicted molar refractivity (Wildman–Crippen MR) is 318 cm³/mol. The Labute approximate surface area is 486 Å². The van der Waals surface area contributed by atoms with Gasteiger partial charge in [0, 0.05) is 53.9 Å². The molecule has 0 unspecified atom stereocenters. The maximum atomic E-state index is 15.9. The summed E-state index contributed by atoms with van der Waals surface area (Å²) in [5.74, 6) is -0.898. The van der Waals surface area contributed by atoms with E-state index in [2.05, 4.69) is 115 Å². The average Bonchev–Trinajstić information content (AvgIpc) is 3.78. The fourth-order valence-corrected chi connectivity index (χ4v) is 17.3. The average molecular weight is 1120 g/mol. The number of esters is 2. The van der Waals surface area contributed by atoms with Gasteiger partial charge in [-0.1, -0.05) is 128 Å². The summed E-state index contributed by atoms with van der Waals surface area (Å²) < 4.78 is 34.0. The maximum Gasteiger partial charge on any atom is 0.340 e. The number of allylic oxidation sites excluding steroid dienone is 1. The van der Waals surface area contributed by atoms with E-state index in [0.717, 1.165) is 62.5 Å². The Bertz CT molecular complexity index is 3510. The third kappa shape index (κ3) is 9.81. The molecule has 11 nitrogen and oxygen atoms in total. The van der Waals surface area contributed by atoms with Gasteiger partial charge in [0.05, 0.1) is 25.4 Å². The van der Waals surface area contributed by atoms with Crippen LogP contribution in [0.5, 0.6) is 5.75 Å². The van der Waals surface area contributed by atoms with E-state index in [1.807, 2.05) is 6.07 Å². The third-order valence-electron chi connectivity index (χ3n) is 21.3. The van der Waals surface area contributed by atoms with Gasteiger partial charge < -0.3 is 38.7 Å². The van der Waals surface area contributed by atoms with Gasteiger partial charge in [-0.15, -0.1) is 0 Å². The molecule has 3 N–H and O–H groups in total. The summed E-state index contributed by atoms with van der Waals surface area (Å²) in [5, 5.41) is 32.7. The molecule has 0 saturated heterocycles. The van der Waals surface area contributed by atoms with Crippen LogP contribution in [0.3, 0.4) is 0 Å². The van der Waals surface area contributed by atoms with Crippen molar-refractivity contribution in [3.05, 3.63) is 199 Å². The van der Waals surface area contributed by atoms with Crippen LogP contribution in [0.2, 0.25) is 0 Å². The van der Waals surface area contributed by atoms with Crippen LogP contribution in [0.25, 0.3) is 17.0 Å². The number of aryl methyl sites for hydroxylation is 1. The van der Waals surface area contributed by atoms with Crippen molar-refractivity contribution in [1.29, 1.82) is 0 Å². The van der Waals surface area contributed by atoms with Gasteiger partial charge in [0.15, 0.2) is 17.8 Å². The van der Waals surface area contributed by atoms with Crippen LogP contribution in [-0.4, -0.2) is 65.9 Å². The van der Waals surface area contributed by atoms with E-state index < -0.39 is 47.9 Å². The smallest absolute Gasteiger partial charge is 0.340 e. The van der Waals surface area contributed by atoms with Crippen molar-refractivity contribution in [1.82, 2.24) is 0 Å². The second-order valence-corrected chi connectivity index (χ2v) is 25.3. The third-order valence-corrected chi connectivity index (χ3v) is 21.3. The molecule has 0 radical (unpaired) electrons. The minimum Gasteiger partial charge on any atom is -0.482 e. The van der Waals surface area contributed by atoms with E-state index in [4.69, 9.17) is 23.4 Å². The Morgan fingerprint density at radius 2 is 1.57 bits per heavy atom. The molecule has 2 bridgehead atoms. The summed E-state index contributed by atoms with van der Waals surface area (Å²) in [6.07, 6.45) is 13.2. The van der Waals surface area contributed by atoms with Crippen LogP contribution in [-0.2, 0) is 42.2 Å². The Balaban J connectivity index is 0.959. The molecule has 3 aliphatic heterocycles. The summed E-state index contributed by atoms with van der Waals surface area (Å²) in [7, 11) is 1.52. The molecule has 4 saturated carbocycles. The number of fused-ring (bicyclic) bond motifs is 17. The van der Waals surface area contributed by atoms with Gasteiger partial charge >= 0.3 is 17.6 Å². The molecule has 5 aliphatic carbocycles. The molecule has 11 heteroatoms. The SMILES string of the molecule is COC[C@@H](CCO)c1c(CO)c2ccc3c(c2oc1=O)[C@H]1OC(=O)C[C@H]2C[C@H](c4cccc(C5(c6ccccc6)CCCC5)c4)CC[C@H]2c2ccc(cc2)CC/C(=C(\C)CO)C(=O)O[C@@H]1[C@@]1(CCC[C@@H]2[C@H]4C=Cc5ccccc5[C@H]4C[C@@H]21)O3. The second kappa shape index (κ2) is 23.1. The molecule has 83 heavy (non-hydrogen) atoms. The largest absolute Gasteiger partial charge is 0.482 e. The Kier molecular flexibility index (Phi) is 15.5. The Morgan fingerprint density at radius 3 is 2.35 bits per heavy atom.